The number of aromatic nitrogens is 1. The first-order chi connectivity index (χ1) is 12.1. The number of H-pyrrole nitrogens is 1. The molecule has 5 rings (SSSR count). The number of carbonyl (C=O) groups excluding carboxylic acids is 2. The smallest absolute Gasteiger partial charge is 0.246 e. The van der Waals surface area contributed by atoms with E-state index in [1.54, 1.807) is 4.90 Å². The lowest BCUT2D eigenvalue weighted by atomic mass is 9.82. The molecule has 0 radical (unpaired) electrons. The lowest BCUT2D eigenvalue weighted by Gasteiger charge is -2.54. The first kappa shape index (κ1) is 15.0. The van der Waals surface area contributed by atoms with E-state index in [0.717, 1.165) is 30.6 Å². The van der Waals surface area contributed by atoms with E-state index in [1.807, 2.05) is 17.0 Å². The summed E-state index contributed by atoms with van der Waals surface area (Å²) in [5.74, 6) is 0.733. The van der Waals surface area contributed by atoms with Crippen molar-refractivity contribution in [2.75, 3.05) is 6.54 Å². The van der Waals surface area contributed by atoms with E-state index in [1.165, 1.54) is 10.9 Å². The molecule has 0 saturated carbocycles. The lowest BCUT2D eigenvalue weighted by Crippen LogP contribution is -2.71. The van der Waals surface area contributed by atoms with Gasteiger partial charge in [-0.1, -0.05) is 32.0 Å². The lowest BCUT2D eigenvalue weighted by molar-refractivity contribution is -0.173. The topological polar surface area (TPSA) is 56.4 Å². The van der Waals surface area contributed by atoms with E-state index in [2.05, 4.69) is 31.0 Å². The average molecular weight is 337 g/mol. The third kappa shape index (κ3) is 1.95. The van der Waals surface area contributed by atoms with Gasteiger partial charge < -0.3 is 14.8 Å². The van der Waals surface area contributed by atoms with Crippen LogP contribution in [0.25, 0.3) is 10.9 Å². The molecule has 1 N–H and O–H groups in total. The van der Waals surface area contributed by atoms with Gasteiger partial charge in [0, 0.05) is 29.6 Å². The van der Waals surface area contributed by atoms with Crippen molar-refractivity contribution < 1.29 is 9.59 Å². The molecule has 130 valence electrons. The fourth-order valence-electron chi connectivity index (χ4n) is 4.84. The maximum atomic E-state index is 13.1. The summed E-state index contributed by atoms with van der Waals surface area (Å²) in [5.41, 5.74) is 3.46. The SMILES string of the molecule is CC(C)C[C@@H]1c2[nH]c3ccccc3c2C[C@H]2C(=O)N3CC[C@H]3C(=O)N12. The van der Waals surface area contributed by atoms with Crippen LogP contribution < -0.4 is 0 Å². The maximum Gasteiger partial charge on any atom is 0.246 e. The Morgan fingerprint density at radius 2 is 1.96 bits per heavy atom. The number of fused-ring (bicyclic) bond motifs is 5. The molecule has 4 heterocycles. The van der Waals surface area contributed by atoms with Crippen LogP contribution in [0, 0.1) is 5.92 Å². The number of hydrogen-bond acceptors (Lipinski definition) is 2. The van der Waals surface area contributed by atoms with E-state index < -0.39 is 0 Å². The van der Waals surface area contributed by atoms with Gasteiger partial charge in [-0.05, 0) is 30.4 Å². The Bertz CT molecular complexity index is 884. The Morgan fingerprint density at radius 3 is 2.68 bits per heavy atom. The molecule has 25 heavy (non-hydrogen) atoms. The van der Waals surface area contributed by atoms with Gasteiger partial charge in [-0.2, -0.15) is 0 Å². The molecule has 3 aliphatic rings. The zero-order valence-corrected chi connectivity index (χ0v) is 14.7. The number of piperazine rings is 1. The zero-order chi connectivity index (χ0) is 17.3. The van der Waals surface area contributed by atoms with Gasteiger partial charge in [0.2, 0.25) is 11.8 Å². The number of nitrogens with one attached hydrogen (secondary N) is 1. The van der Waals surface area contributed by atoms with Gasteiger partial charge in [-0.25, -0.2) is 0 Å². The van der Waals surface area contributed by atoms with E-state index in [0.29, 0.717) is 12.3 Å². The third-order valence-corrected chi connectivity index (χ3v) is 6.07. The Labute approximate surface area is 147 Å². The molecule has 1 aromatic heterocycles. The molecular weight excluding hydrogens is 314 g/mol. The predicted octanol–water partition coefficient (Wildman–Crippen LogP) is 2.62. The Morgan fingerprint density at radius 1 is 1.16 bits per heavy atom. The fourth-order valence-corrected chi connectivity index (χ4v) is 4.84. The van der Waals surface area contributed by atoms with Crippen LogP contribution in [0.15, 0.2) is 24.3 Å². The molecule has 2 saturated heterocycles. The van der Waals surface area contributed by atoms with Gasteiger partial charge >= 0.3 is 0 Å². The highest BCUT2D eigenvalue weighted by Gasteiger charge is 2.54. The number of rotatable bonds is 2. The highest BCUT2D eigenvalue weighted by atomic mass is 16.2. The molecule has 3 atom stereocenters. The minimum absolute atomic E-state index is 0.0275. The average Bonchev–Trinajstić information content (AvgIpc) is 2.90. The fraction of sp³-hybridized carbons (Fsp3) is 0.500. The molecule has 3 aliphatic heterocycles. The normalized spacial score (nSPS) is 28.0. The molecule has 5 heteroatoms. The van der Waals surface area contributed by atoms with Crippen LogP contribution in [0.4, 0.5) is 0 Å². The molecule has 0 bridgehead atoms. The van der Waals surface area contributed by atoms with Crippen molar-refractivity contribution in [2.45, 2.75) is 51.2 Å². The Kier molecular flexibility index (Phi) is 3.06. The van der Waals surface area contributed by atoms with Crippen LogP contribution in [0.1, 0.15) is 44.0 Å². The zero-order valence-electron chi connectivity index (χ0n) is 14.7. The number of hydrogen-bond donors (Lipinski definition) is 1. The largest absolute Gasteiger partial charge is 0.356 e. The molecule has 1 aromatic carbocycles. The Hall–Kier alpha value is -2.30. The number of para-hydroxylation sites is 1. The summed E-state index contributed by atoms with van der Waals surface area (Å²) in [4.78, 5) is 33.4. The molecule has 0 aliphatic carbocycles. The molecule has 0 unspecified atom stereocenters. The summed E-state index contributed by atoms with van der Waals surface area (Å²) in [5, 5.41) is 1.19. The van der Waals surface area contributed by atoms with Crippen LogP contribution in [0.3, 0.4) is 0 Å². The molecule has 2 amide bonds. The van der Waals surface area contributed by atoms with Crippen molar-refractivity contribution in [2.24, 2.45) is 5.92 Å². The molecular formula is C20H23N3O2. The standard InChI is InChI=1S/C20H23N3O2/c1-11(2)9-16-18-13(12-5-3-4-6-14(12)21-18)10-17-19(24)22-8-7-15(22)20(25)23(16)17/h3-6,11,15-17,21H,7-10H2,1-2H3/t15-,16+,17-/m0/s1. The minimum Gasteiger partial charge on any atom is -0.356 e. The summed E-state index contributed by atoms with van der Waals surface area (Å²) in [6.07, 6.45) is 2.31. The second-order valence-electron chi connectivity index (χ2n) is 8.01. The molecule has 2 fully saturated rings. The second-order valence-corrected chi connectivity index (χ2v) is 8.01. The third-order valence-electron chi connectivity index (χ3n) is 6.07. The monoisotopic (exact) mass is 337 g/mol. The van der Waals surface area contributed by atoms with Crippen LogP contribution in [-0.2, 0) is 16.0 Å². The Balaban J connectivity index is 1.68. The highest BCUT2D eigenvalue weighted by Crippen LogP contribution is 2.44. The van der Waals surface area contributed by atoms with Crippen LogP contribution >= 0.6 is 0 Å². The summed E-state index contributed by atoms with van der Waals surface area (Å²) in [6.45, 7) is 5.09. The highest BCUT2D eigenvalue weighted by molar-refractivity contribution is 6.00. The van der Waals surface area contributed by atoms with Crippen molar-refractivity contribution in [1.29, 1.82) is 0 Å². The van der Waals surface area contributed by atoms with Gasteiger partial charge in [0.05, 0.1) is 6.04 Å². The van der Waals surface area contributed by atoms with Crippen LogP contribution in [0.2, 0.25) is 0 Å². The number of amides is 2. The number of carbonyl (C=O) groups is 2. The number of benzene rings is 1. The molecule has 5 nitrogen and oxygen atoms in total. The minimum atomic E-state index is -0.334. The van der Waals surface area contributed by atoms with Crippen molar-refractivity contribution in [3.8, 4) is 0 Å². The van der Waals surface area contributed by atoms with Crippen molar-refractivity contribution in [3.63, 3.8) is 0 Å². The van der Waals surface area contributed by atoms with Crippen molar-refractivity contribution in [3.05, 3.63) is 35.5 Å². The van der Waals surface area contributed by atoms with E-state index >= 15 is 0 Å². The molecule has 0 spiro atoms. The van der Waals surface area contributed by atoms with Crippen LogP contribution in [0.5, 0.6) is 0 Å². The van der Waals surface area contributed by atoms with Crippen molar-refractivity contribution >= 4 is 22.7 Å². The van der Waals surface area contributed by atoms with Gasteiger partial charge in [-0.15, -0.1) is 0 Å². The van der Waals surface area contributed by atoms with Gasteiger partial charge in [0.25, 0.3) is 0 Å². The predicted molar refractivity (Wildman–Crippen MR) is 95.0 cm³/mol. The first-order valence-electron chi connectivity index (χ1n) is 9.28. The number of nitrogens with zero attached hydrogens (tertiary/aromatic N) is 2. The molecule has 2 aromatic rings. The second kappa shape index (κ2) is 5.10. The first-order valence-corrected chi connectivity index (χ1v) is 9.28. The summed E-state index contributed by atoms with van der Waals surface area (Å²) >= 11 is 0. The van der Waals surface area contributed by atoms with E-state index in [-0.39, 0.29) is 29.9 Å². The maximum absolute atomic E-state index is 13.1. The number of aromatic amines is 1. The van der Waals surface area contributed by atoms with Crippen molar-refractivity contribution in [1.82, 2.24) is 14.8 Å². The quantitative estimate of drug-likeness (QED) is 0.916. The van der Waals surface area contributed by atoms with Gasteiger partial charge in [0.1, 0.15) is 12.1 Å². The van der Waals surface area contributed by atoms with E-state index in [4.69, 9.17) is 0 Å². The van der Waals surface area contributed by atoms with Crippen LogP contribution in [-0.4, -0.2) is 45.2 Å². The van der Waals surface area contributed by atoms with Gasteiger partial charge in [0.15, 0.2) is 0 Å². The summed E-state index contributed by atoms with van der Waals surface area (Å²) < 4.78 is 0. The van der Waals surface area contributed by atoms with Gasteiger partial charge in [-0.3, -0.25) is 9.59 Å². The summed E-state index contributed by atoms with van der Waals surface area (Å²) in [6, 6.07) is 7.69. The van der Waals surface area contributed by atoms with E-state index in [9.17, 15) is 9.59 Å². The summed E-state index contributed by atoms with van der Waals surface area (Å²) in [7, 11) is 0.